The Hall–Kier alpha value is -2.42. The first-order valence-electron chi connectivity index (χ1n) is 9.95. The molecule has 0 bridgehead atoms. The number of amides is 1. The van der Waals surface area contributed by atoms with Crippen molar-refractivity contribution in [3.63, 3.8) is 0 Å². The van der Waals surface area contributed by atoms with Crippen LogP contribution in [0.5, 0.6) is 0 Å². The summed E-state index contributed by atoms with van der Waals surface area (Å²) in [6.45, 7) is 3.14. The third-order valence-corrected chi connectivity index (χ3v) is 8.27. The van der Waals surface area contributed by atoms with Gasteiger partial charge >= 0.3 is 0 Å². The lowest BCUT2D eigenvalue weighted by Crippen LogP contribution is -2.29. The number of carbonyl (C=O) groups excluding carboxylic acids is 1. The molecule has 1 N–H and O–H groups in total. The molecule has 0 unspecified atom stereocenters. The zero-order valence-corrected chi connectivity index (χ0v) is 19.4. The number of rotatable bonds is 6. The Morgan fingerprint density at radius 3 is 2.65 bits per heavy atom. The molecule has 0 fully saturated rings. The highest BCUT2D eigenvalue weighted by Crippen LogP contribution is 2.33. The minimum Gasteiger partial charge on any atom is -0.365 e. The van der Waals surface area contributed by atoms with E-state index >= 15 is 0 Å². The van der Waals surface area contributed by atoms with Gasteiger partial charge in [-0.25, -0.2) is 13.4 Å². The van der Waals surface area contributed by atoms with E-state index in [9.17, 15) is 13.2 Å². The summed E-state index contributed by atoms with van der Waals surface area (Å²) in [6, 6.07) is 14.2. The van der Waals surface area contributed by atoms with Gasteiger partial charge in [-0.1, -0.05) is 54.1 Å². The standard InChI is InChI=1S/C22H22ClN3O3S2/c1-2-31(28,29)16-9-7-15(8-10-16)13-21(27)25-22-24-18-11-12-26(14-20(18)30-22)19-6-4-3-5-17(19)23/h3-10H,2,11-14H2,1H3,(H,24,25,27). The maximum Gasteiger partial charge on any atom is 0.230 e. The van der Waals surface area contributed by atoms with Gasteiger partial charge in [0.15, 0.2) is 15.0 Å². The molecule has 9 heteroatoms. The fraction of sp³-hybridized carbons (Fsp3) is 0.273. The molecule has 6 nitrogen and oxygen atoms in total. The monoisotopic (exact) mass is 475 g/mol. The first-order chi connectivity index (χ1) is 14.9. The number of fused-ring (bicyclic) bond motifs is 1. The van der Waals surface area contributed by atoms with E-state index in [1.165, 1.54) is 11.3 Å². The Bertz CT molecular complexity index is 1210. The van der Waals surface area contributed by atoms with Crippen LogP contribution in [0.25, 0.3) is 0 Å². The first-order valence-corrected chi connectivity index (χ1v) is 12.8. The van der Waals surface area contributed by atoms with Gasteiger partial charge in [0.1, 0.15) is 0 Å². The Morgan fingerprint density at radius 2 is 1.94 bits per heavy atom. The molecule has 0 aliphatic carbocycles. The molecule has 1 aliphatic rings. The predicted molar refractivity (Wildman–Crippen MR) is 125 cm³/mol. The average molecular weight is 476 g/mol. The van der Waals surface area contributed by atoms with Crippen molar-refractivity contribution in [3.8, 4) is 0 Å². The summed E-state index contributed by atoms with van der Waals surface area (Å²) in [6.07, 6.45) is 0.947. The molecule has 0 radical (unpaired) electrons. The number of thiazole rings is 1. The summed E-state index contributed by atoms with van der Waals surface area (Å²) in [7, 11) is -3.24. The first kappa shape index (κ1) is 21.8. The molecule has 1 aliphatic heterocycles. The normalized spacial score (nSPS) is 13.7. The number of benzene rings is 2. The van der Waals surface area contributed by atoms with Crippen LogP contribution in [0.4, 0.5) is 10.8 Å². The average Bonchev–Trinajstić information content (AvgIpc) is 3.15. The Morgan fingerprint density at radius 1 is 1.19 bits per heavy atom. The smallest absolute Gasteiger partial charge is 0.230 e. The predicted octanol–water partition coefficient (Wildman–Crippen LogP) is 4.33. The van der Waals surface area contributed by atoms with E-state index in [1.54, 1.807) is 31.2 Å². The van der Waals surface area contributed by atoms with E-state index in [0.29, 0.717) is 11.7 Å². The van der Waals surface area contributed by atoms with Crippen molar-refractivity contribution < 1.29 is 13.2 Å². The largest absolute Gasteiger partial charge is 0.365 e. The quantitative estimate of drug-likeness (QED) is 0.573. The lowest BCUT2D eigenvalue weighted by atomic mass is 10.1. The minimum atomic E-state index is -3.24. The number of nitrogens with one attached hydrogen (secondary N) is 1. The summed E-state index contributed by atoms with van der Waals surface area (Å²) in [5.41, 5.74) is 2.76. The van der Waals surface area contributed by atoms with Crippen LogP contribution in [0, 0.1) is 0 Å². The minimum absolute atomic E-state index is 0.0510. The molecule has 31 heavy (non-hydrogen) atoms. The SMILES string of the molecule is CCS(=O)(=O)c1ccc(CC(=O)Nc2nc3c(s2)CN(c2ccccc2Cl)CC3)cc1. The zero-order valence-electron chi connectivity index (χ0n) is 17.0. The van der Waals surface area contributed by atoms with Crippen LogP contribution in [0.1, 0.15) is 23.1 Å². The Labute approximate surface area is 190 Å². The molecule has 162 valence electrons. The summed E-state index contributed by atoms with van der Waals surface area (Å²) < 4.78 is 23.8. The lowest BCUT2D eigenvalue weighted by Gasteiger charge is -2.28. The van der Waals surface area contributed by atoms with Crippen molar-refractivity contribution >= 4 is 49.5 Å². The maximum absolute atomic E-state index is 12.5. The number of hydrogen-bond acceptors (Lipinski definition) is 6. The van der Waals surface area contributed by atoms with Crippen LogP contribution in [-0.4, -0.2) is 31.6 Å². The summed E-state index contributed by atoms with van der Waals surface area (Å²) in [5.74, 6) is -0.129. The molecule has 2 heterocycles. The highest BCUT2D eigenvalue weighted by atomic mass is 35.5. The third-order valence-electron chi connectivity index (χ3n) is 5.20. The number of halogens is 1. The number of sulfone groups is 1. The lowest BCUT2D eigenvalue weighted by molar-refractivity contribution is -0.115. The van der Waals surface area contributed by atoms with E-state index in [1.807, 2.05) is 24.3 Å². The summed E-state index contributed by atoms with van der Waals surface area (Å²) in [5, 5.41) is 4.18. The van der Waals surface area contributed by atoms with Gasteiger partial charge in [-0.15, -0.1) is 0 Å². The van der Waals surface area contributed by atoms with Crippen LogP contribution >= 0.6 is 22.9 Å². The Kier molecular flexibility index (Phi) is 6.31. The number of aromatic nitrogens is 1. The third kappa shape index (κ3) is 4.92. The highest BCUT2D eigenvalue weighted by molar-refractivity contribution is 7.91. The Balaban J connectivity index is 1.40. The molecular weight excluding hydrogens is 454 g/mol. The number of nitrogens with zero attached hydrogens (tertiary/aromatic N) is 2. The van der Waals surface area contributed by atoms with Crippen LogP contribution in [0.3, 0.4) is 0 Å². The fourth-order valence-electron chi connectivity index (χ4n) is 3.49. The molecule has 0 saturated heterocycles. The van der Waals surface area contributed by atoms with Crippen molar-refractivity contribution in [2.45, 2.75) is 31.2 Å². The topological polar surface area (TPSA) is 79.4 Å². The van der Waals surface area contributed by atoms with E-state index in [-0.39, 0.29) is 23.0 Å². The van der Waals surface area contributed by atoms with Crippen molar-refractivity contribution in [2.75, 3.05) is 22.5 Å². The second kappa shape index (κ2) is 8.98. The van der Waals surface area contributed by atoms with E-state index < -0.39 is 9.84 Å². The van der Waals surface area contributed by atoms with Gasteiger partial charge in [-0.3, -0.25) is 4.79 Å². The maximum atomic E-state index is 12.5. The summed E-state index contributed by atoms with van der Waals surface area (Å²) in [4.78, 5) is 20.7. The van der Waals surface area contributed by atoms with Crippen LogP contribution in [0.2, 0.25) is 5.02 Å². The van der Waals surface area contributed by atoms with Crippen molar-refractivity contribution in [2.24, 2.45) is 0 Å². The molecule has 4 rings (SSSR count). The van der Waals surface area contributed by atoms with Crippen LogP contribution < -0.4 is 10.2 Å². The summed E-state index contributed by atoms with van der Waals surface area (Å²) >= 11 is 7.81. The van der Waals surface area contributed by atoms with E-state index in [4.69, 9.17) is 11.6 Å². The number of carbonyl (C=O) groups is 1. The zero-order chi connectivity index (χ0) is 22.0. The van der Waals surface area contributed by atoms with Crippen molar-refractivity contribution in [1.29, 1.82) is 0 Å². The van der Waals surface area contributed by atoms with Gasteiger partial charge in [-0.2, -0.15) is 0 Å². The van der Waals surface area contributed by atoms with Crippen molar-refractivity contribution in [3.05, 3.63) is 69.7 Å². The fourth-order valence-corrected chi connectivity index (χ4v) is 5.67. The number of hydrogen-bond donors (Lipinski definition) is 1. The van der Waals surface area contributed by atoms with Gasteiger partial charge in [0.05, 0.1) is 40.0 Å². The van der Waals surface area contributed by atoms with Gasteiger partial charge in [0.25, 0.3) is 0 Å². The van der Waals surface area contributed by atoms with E-state index in [0.717, 1.165) is 39.8 Å². The molecule has 3 aromatic rings. The number of para-hydroxylation sites is 1. The molecular formula is C22H22ClN3O3S2. The second-order valence-corrected chi connectivity index (χ2v) is 11.1. The second-order valence-electron chi connectivity index (χ2n) is 7.28. The molecule has 1 amide bonds. The molecule has 0 saturated carbocycles. The number of anilines is 2. The van der Waals surface area contributed by atoms with Crippen LogP contribution in [0.15, 0.2) is 53.4 Å². The highest BCUT2D eigenvalue weighted by Gasteiger charge is 2.23. The van der Waals surface area contributed by atoms with Crippen LogP contribution in [-0.2, 0) is 34.0 Å². The van der Waals surface area contributed by atoms with Gasteiger partial charge in [0.2, 0.25) is 5.91 Å². The molecule has 0 atom stereocenters. The van der Waals surface area contributed by atoms with Gasteiger partial charge in [-0.05, 0) is 29.8 Å². The molecule has 2 aromatic carbocycles. The van der Waals surface area contributed by atoms with Crippen molar-refractivity contribution in [1.82, 2.24) is 4.98 Å². The van der Waals surface area contributed by atoms with Gasteiger partial charge < -0.3 is 10.2 Å². The van der Waals surface area contributed by atoms with E-state index in [2.05, 4.69) is 15.2 Å². The van der Waals surface area contributed by atoms with Gasteiger partial charge in [0, 0.05) is 17.8 Å². The molecule has 0 spiro atoms. The molecule has 1 aromatic heterocycles.